The molecule has 0 unspecified atom stereocenters. The average molecular weight is 336 g/mol. The molecule has 3 nitrogen and oxygen atoms in total. The Kier molecular flexibility index (Phi) is 3.34. The zero-order valence-corrected chi connectivity index (χ0v) is 12.7. The zero-order chi connectivity index (χ0) is 14.3. The first-order valence-corrected chi connectivity index (χ1v) is 7.35. The van der Waals surface area contributed by atoms with Crippen molar-refractivity contribution in [1.29, 1.82) is 0 Å². The van der Waals surface area contributed by atoms with Gasteiger partial charge < -0.3 is 5.73 Å². The summed E-state index contributed by atoms with van der Waals surface area (Å²) in [5.41, 5.74) is 7.68. The number of nitrogens with zero attached hydrogens (tertiary/aromatic N) is 2. The molecule has 0 saturated heterocycles. The predicted molar refractivity (Wildman–Crippen MR) is 79.8 cm³/mol. The Balaban J connectivity index is 2.12. The molecule has 0 radical (unpaired) electrons. The molecule has 1 heterocycles. The van der Waals surface area contributed by atoms with Crippen molar-refractivity contribution < 1.29 is 4.39 Å². The Labute approximate surface area is 125 Å². The molecule has 0 amide bonds. The molecule has 1 aliphatic rings. The Hall–Kier alpha value is -1.33. The van der Waals surface area contributed by atoms with Crippen LogP contribution in [0.25, 0.3) is 11.3 Å². The summed E-state index contributed by atoms with van der Waals surface area (Å²) in [5, 5.41) is 0. The molecule has 2 aromatic rings. The van der Waals surface area contributed by atoms with E-state index in [4.69, 9.17) is 5.73 Å². The van der Waals surface area contributed by atoms with Crippen LogP contribution < -0.4 is 5.73 Å². The van der Waals surface area contributed by atoms with Crippen LogP contribution in [0.1, 0.15) is 24.4 Å². The van der Waals surface area contributed by atoms with Gasteiger partial charge in [0, 0.05) is 27.7 Å². The van der Waals surface area contributed by atoms with Crippen LogP contribution >= 0.6 is 15.9 Å². The highest BCUT2D eigenvalue weighted by atomic mass is 79.9. The van der Waals surface area contributed by atoms with Gasteiger partial charge in [-0.25, -0.2) is 14.4 Å². The molecule has 0 aliphatic heterocycles. The van der Waals surface area contributed by atoms with Crippen molar-refractivity contribution in [2.24, 2.45) is 5.73 Å². The van der Waals surface area contributed by atoms with E-state index in [0.717, 1.165) is 28.8 Å². The molecule has 1 saturated carbocycles. The summed E-state index contributed by atoms with van der Waals surface area (Å²) < 4.78 is 14.8. The number of hydrogen-bond acceptors (Lipinski definition) is 3. The molecule has 5 heteroatoms. The van der Waals surface area contributed by atoms with Gasteiger partial charge in [-0.15, -0.1) is 0 Å². The molecule has 1 aliphatic carbocycles. The van der Waals surface area contributed by atoms with E-state index >= 15 is 0 Å². The summed E-state index contributed by atoms with van der Waals surface area (Å²) in [6.45, 7) is 2.44. The highest BCUT2D eigenvalue weighted by Crippen LogP contribution is 2.46. The van der Waals surface area contributed by atoms with Crippen molar-refractivity contribution in [1.82, 2.24) is 9.97 Å². The second-order valence-electron chi connectivity index (χ2n) is 5.33. The minimum absolute atomic E-state index is 0.0940. The number of nitrogens with two attached hydrogens (primary N) is 1. The van der Waals surface area contributed by atoms with Crippen LogP contribution in [-0.2, 0) is 5.41 Å². The Bertz CT molecular complexity index is 668. The quantitative estimate of drug-likeness (QED) is 0.935. The smallest absolute Gasteiger partial charge is 0.136 e. The first-order valence-electron chi connectivity index (χ1n) is 6.56. The van der Waals surface area contributed by atoms with E-state index < -0.39 is 0 Å². The van der Waals surface area contributed by atoms with Crippen molar-refractivity contribution in [2.75, 3.05) is 6.54 Å². The predicted octanol–water partition coefficient (Wildman–Crippen LogP) is 3.34. The number of hydrogen-bond donors (Lipinski definition) is 1. The number of rotatable bonds is 3. The lowest BCUT2D eigenvalue weighted by Crippen LogP contribution is -2.23. The SMILES string of the molecule is Cc1cc(-c2cc(Br)ccc2F)nc(C2(CN)CC2)n1. The fourth-order valence-electron chi connectivity index (χ4n) is 2.31. The van der Waals surface area contributed by atoms with Gasteiger partial charge in [0.1, 0.15) is 11.6 Å². The highest BCUT2D eigenvalue weighted by molar-refractivity contribution is 9.10. The van der Waals surface area contributed by atoms with Gasteiger partial charge >= 0.3 is 0 Å². The van der Waals surface area contributed by atoms with Gasteiger partial charge in [0.15, 0.2) is 0 Å². The fourth-order valence-corrected chi connectivity index (χ4v) is 2.67. The van der Waals surface area contributed by atoms with E-state index in [9.17, 15) is 4.39 Å². The van der Waals surface area contributed by atoms with Crippen LogP contribution in [0.4, 0.5) is 4.39 Å². The molecule has 0 spiro atoms. The van der Waals surface area contributed by atoms with Crippen LogP contribution in [0.3, 0.4) is 0 Å². The van der Waals surface area contributed by atoms with Gasteiger partial charge in [0.25, 0.3) is 0 Å². The average Bonchev–Trinajstić information content (AvgIpc) is 3.22. The van der Waals surface area contributed by atoms with Gasteiger partial charge in [-0.1, -0.05) is 15.9 Å². The Morgan fingerprint density at radius 3 is 2.70 bits per heavy atom. The molecule has 104 valence electrons. The van der Waals surface area contributed by atoms with Crippen molar-refractivity contribution in [3.05, 3.63) is 46.1 Å². The number of halogens is 2. The highest BCUT2D eigenvalue weighted by Gasteiger charge is 2.46. The van der Waals surface area contributed by atoms with Crippen molar-refractivity contribution >= 4 is 15.9 Å². The van der Waals surface area contributed by atoms with Crippen LogP contribution in [-0.4, -0.2) is 16.5 Å². The topological polar surface area (TPSA) is 51.8 Å². The summed E-state index contributed by atoms with van der Waals surface area (Å²) >= 11 is 3.37. The van der Waals surface area contributed by atoms with Gasteiger partial charge in [0.2, 0.25) is 0 Å². The molecular formula is C15H15BrFN3. The van der Waals surface area contributed by atoms with E-state index in [1.807, 2.05) is 6.92 Å². The van der Waals surface area contributed by atoms with Crippen molar-refractivity contribution in [2.45, 2.75) is 25.2 Å². The summed E-state index contributed by atoms with van der Waals surface area (Å²) in [6, 6.07) is 6.66. The van der Waals surface area contributed by atoms with Crippen molar-refractivity contribution in [3.8, 4) is 11.3 Å². The lowest BCUT2D eigenvalue weighted by Gasteiger charge is -2.13. The maximum Gasteiger partial charge on any atom is 0.136 e. The summed E-state index contributed by atoms with van der Waals surface area (Å²) in [7, 11) is 0. The van der Waals surface area contributed by atoms with Crippen molar-refractivity contribution in [3.63, 3.8) is 0 Å². The molecule has 20 heavy (non-hydrogen) atoms. The Morgan fingerprint density at radius 1 is 1.30 bits per heavy atom. The first kappa shape index (κ1) is 13.6. The molecular weight excluding hydrogens is 321 g/mol. The van der Waals surface area contributed by atoms with Gasteiger partial charge in [0.05, 0.1) is 5.69 Å². The lowest BCUT2D eigenvalue weighted by molar-refractivity contribution is 0.626. The van der Waals surface area contributed by atoms with Gasteiger partial charge in [-0.3, -0.25) is 0 Å². The maximum absolute atomic E-state index is 14.0. The molecule has 2 N–H and O–H groups in total. The van der Waals surface area contributed by atoms with Gasteiger partial charge in [-0.05, 0) is 44.0 Å². The van der Waals surface area contributed by atoms with E-state index in [1.54, 1.807) is 18.2 Å². The lowest BCUT2D eigenvalue weighted by atomic mass is 10.1. The van der Waals surface area contributed by atoms with Crippen LogP contribution in [0.2, 0.25) is 0 Å². The zero-order valence-electron chi connectivity index (χ0n) is 11.2. The van der Waals surface area contributed by atoms with Gasteiger partial charge in [-0.2, -0.15) is 0 Å². The normalized spacial score (nSPS) is 16.2. The molecule has 0 bridgehead atoms. The molecule has 1 aromatic carbocycles. The number of aromatic nitrogens is 2. The van der Waals surface area contributed by atoms with Crippen LogP contribution in [0.15, 0.2) is 28.7 Å². The van der Waals surface area contributed by atoms with Crippen LogP contribution in [0.5, 0.6) is 0 Å². The monoisotopic (exact) mass is 335 g/mol. The first-order chi connectivity index (χ1) is 9.54. The van der Waals surface area contributed by atoms with E-state index in [-0.39, 0.29) is 11.2 Å². The minimum Gasteiger partial charge on any atom is -0.329 e. The standard InChI is InChI=1S/C15H15BrFN3/c1-9-6-13(11-7-10(16)2-3-12(11)17)20-14(19-9)15(8-18)4-5-15/h2-3,6-7H,4-5,8,18H2,1H3. The summed E-state index contributed by atoms with van der Waals surface area (Å²) in [5.74, 6) is 0.462. The van der Waals surface area contributed by atoms with Crippen LogP contribution in [0, 0.1) is 12.7 Å². The maximum atomic E-state index is 14.0. The number of aryl methyl sites for hydroxylation is 1. The molecule has 0 atom stereocenters. The second-order valence-corrected chi connectivity index (χ2v) is 6.24. The van der Waals surface area contributed by atoms with E-state index in [1.165, 1.54) is 6.07 Å². The fraction of sp³-hybridized carbons (Fsp3) is 0.333. The summed E-state index contributed by atoms with van der Waals surface area (Å²) in [4.78, 5) is 9.05. The molecule has 3 rings (SSSR count). The molecule has 1 aromatic heterocycles. The minimum atomic E-state index is -0.283. The third kappa shape index (κ3) is 2.36. The summed E-state index contributed by atoms with van der Waals surface area (Å²) in [6.07, 6.45) is 2.01. The van der Waals surface area contributed by atoms with E-state index in [2.05, 4.69) is 25.9 Å². The molecule has 1 fully saturated rings. The largest absolute Gasteiger partial charge is 0.329 e. The third-order valence-electron chi connectivity index (χ3n) is 3.78. The second kappa shape index (κ2) is 4.90. The number of benzene rings is 1. The Morgan fingerprint density at radius 2 is 2.05 bits per heavy atom. The third-order valence-corrected chi connectivity index (χ3v) is 4.27. The van der Waals surface area contributed by atoms with E-state index in [0.29, 0.717) is 17.8 Å².